The summed E-state index contributed by atoms with van der Waals surface area (Å²) in [5.41, 5.74) is -0.121. The SMILES string of the molecule is O=c1ccc(-c2nc(-c3ccc(C(F)(F)F)cc3)no2)c[nH]1. The van der Waals surface area contributed by atoms with Crippen LogP contribution in [-0.4, -0.2) is 15.1 Å². The Balaban J connectivity index is 1.90. The van der Waals surface area contributed by atoms with Crippen LogP contribution >= 0.6 is 0 Å². The Morgan fingerprint density at radius 3 is 2.27 bits per heavy atom. The molecule has 112 valence electrons. The molecule has 0 aliphatic rings. The monoisotopic (exact) mass is 307 g/mol. The molecule has 0 unspecified atom stereocenters. The van der Waals surface area contributed by atoms with Crippen molar-refractivity contribution in [3.8, 4) is 22.8 Å². The van der Waals surface area contributed by atoms with Gasteiger partial charge in [-0.1, -0.05) is 17.3 Å². The first-order chi connectivity index (χ1) is 10.4. The molecule has 0 saturated heterocycles. The minimum atomic E-state index is -4.39. The molecular formula is C14H8F3N3O2. The van der Waals surface area contributed by atoms with Crippen LogP contribution in [0.25, 0.3) is 22.8 Å². The molecular weight excluding hydrogens is 299 g/mol. The Morgan fingerprint density at radius 2 is 1.68 bits per heavy atom. The summed E-state index contributed by atoms with van der Waals surface area (Å²) >= 11 is 0. The maximum absolute atomic E-state index is 12.5. The van der Waals surface area contributed by atoms with Gasteiger partial charge in [0.2, 0.25) is 11.4 Å². The first-order valence-electron chi connectivity index (χ1n) is 6.14. The van der Waals surface area contributed by atoms with E-state index in [0.29, 0.717) is 11.1 Å². The third-order valence-corrected chi connectivity index (χ3v) is 2.93. The van der Waals surface area contributed by atoms with Gasteiger partial charge in [-0.15, -0.1) is 0 Å². The van der Waals surface area contributed by atoms with E-state index < -0.39 is 11.7 Å². The van der Waals surface area contributed by atoms with Gasteiger partial charge in [-0.25, -0.2) is 0 Å². The Bertz CT molecular complexity index is 830. The van der Waals surface area contributed by atoms with Crippen molar-refractivity contribution in [1.29, 1.82) is 0 Å². The minimum absolute atomic E-state index is 0.158. The van der Waals surface area contributed by atoms with E-state index in [-0.39, 0.29) is 17.3 Å². The lowest BCUT2D eigenvalue weighted by Crippen LogP contribution is -2.04. The number of H-pyrrole nitrogens is 1. The van der Waals surface area contributed by atoms with Crippen molar-refractivity contribution in [3.05, 3.63) is 58.5 Å². The fourth-order valence-corrected chi connectivity index (χ4v) is 1.81. The fourth-order valence-electron chi connectivity index (χ4n) is 1.81. The van der Waals surface area contributed by atoms with Crippen LogP contribution in [0.3, 0.4) is 0 Å². The molecule has 5 nitrogen and oxygen atoms in total. The van der Waals surface area contributed by atoms with E-state index in [0.717, 1.165) is 12.1 Å². The number of aromatic nitrogens is 3. The topological polar surface area (TPSA) is 71.8 Å². The molecule has 0 saturated carbocycles. The Morgan fingerprint density at radius 1 is 1.00 bits per heavy atom. The van der Waals surface area contributed by atoms with Crippen LogP contribution in [0.4, 0.5) is 13.2 Å². The number of benzene rings is 1. The molecule has 3 aromatic rings. The minimum Gasteiger partial charge on any atom is -0.334 e. The second kappa shape index (κ2) is 5.14. The van der Waals surface area contributed by atoms with Crippen molar-refractivity contribution in [3.63, 3.8) is 0 Å². The van der Waals surface area contributed by atoms with E-state index in [9.17, 15) is 18.0 Å². The second-order valence-corrected chi connectivity index (χ2v) is 4.44. The number of aromatic amines is 1. The highest BCUT2D eigenvalue weighted by Crippen LogP contribution is 2.30. The van der Waals surface area contributed by atoms with E-state index >= 15 is 0 Å². The zero-order valence-corrected chi connectivity index (χ0v) is 10.9. The Kier molecular flexibility index (Phi) is 3.28. The molecule has 2 heterocycles. The van der Waals surface area contributed by atoms with Crippen LogP contribution in [0.2, 0.25) is 0 Å². The highest BCUT2D eigenvalue weighted by molar-refractivity contribution is 5.59. The van der Waals surface area contributed by atoms with Crippen LogP contribution in [-0.2, 0) is 6.18 Å². The maximum Gasteiger partial charge on any atom is 0.416 e. The van der Waals surface area contributed by atoms with Crippen molar-refractivity contribution < 1.29 is 17.7 Å². The van der Waals surface area contributed by atoms with E-state index in [1.54, 1.807) is 0 Å². The number of nitrogens with zero attached hydrogens (tertiary/aromatic N) is 2. The predicted molar refractivity (Wildman–Crippen MR) is 70.8 cm³/mol. The molecule has 0 spiro atoms. The third kappa shape index (κ3) is 2.76. The lowest BCUT2D eigenvalue weighted by atomic mass is 10.1. The molecule has 22 heavy (non-hydrogen) atoms. The Hall–Kier alpha value is -2.90. The van der Waals surface area contributed by atoms with Gasteiger partial charge in [-0.05, 0) is 18.2 Å². The normalized spacial score (nSPS) is 11.6. The van der Waals surface area contributed by atoms with Gasteiger partial charge in [0, 0.05) is 17.8 Å². The first-order valence-corrected chi connectivity index (χ1v) is 6.14. The summed E-state index contributed by atoms with van der Waals surface area (Å²) in [6.07, 6.45) is -2.98. The number of hydrogen-bond acceptors (Lipinski definition) is 4. The van der Waals surface area contributed by atoms with Crippen LogP contribution in [0, 0.1) is 0 Å². The average molecular weight is 307 g/mol. The van der Waals surface area contributed by atoms with Gasteiger partial charge >= 0.3 is 6.18 Å². The summed E-state index contributed by atoms with van der Waals surface area (Å²) in [4.78, 5) is 17.5. The van der Waals surface area contributed by atoms with Crippen molar-refractivity contribution >= 4 is 0 Å². The molecule has 1 N–H and O–H groups in total. The fraction of sp³-hybridized carbons (Fsp3) is 0.0714. The quantitative estimate of drug-likeness (QED) is 0.789. The van der Waals surface area contributed by atoms with Gasteiger partial charge in [-0.2, -0.15) is 18.2 Å². The molecule has 0 aliphatic carbocycles. The Labute approximate surface area is 121 Å². The van der Waals surface area contributed by atoms with Gasteiger partial charge < -0.3 is 9.51 Å². The van der Waals surface area contributed by atoms with Crippen LogP contribution in [0.5, 0.6) is 0 Å². The summed E-state index contributed by atoms with van der Waals surface area (Å²) in [5.74, 6) is 0.320. The predicted octanol–water partition coefficient (Wildman–Crippen LogP) is 3.11. The molecule has 0 aliphatic heterocycles. The molecule has 3 rings (SSSR count). The summed E-state index contributed by atoms with van der Waals surface area (Å²) in [5, 5.41) is 3.72. The second-order valence-electron chi connectivity index (χ2n) is 4.44. The average Bonchev–Trinajstić information content (AvgIpc) is 2.97. The molecule has 1 aromatic carbocycles. The molecule has 0 bridgehead atoms. The highest BCUT2D eigenvalue weighted by atomic mass is 19.4. The van der Waals surface area contributed by atoms with Crippen LogP contribution in [0.15, 0.2) is 51.9 Å². The van der Waals surface area contributed by atoms with Crippen LogP contribution in [0.1, 0.15) is 5.56 Å². The molecule has 0 fully saturated rings. The number of halogens is 3. The molecule has 2 aromatic heterocycles. The van der Waals surface area contributed by atoms with Crippen molar-refractivity contribution in [1.82, 2.24) is 15.1 Å². The van der Waals surface area contributed by atoms with Gasteiger partial charge in [0.1, 0.15) is 0 Å². The zero-order valence-electron chi connectivity index (χ0n) is 10.9. The van der Waals surface area contributed by atoms with E-state index in [1.807, 2.05) is 0 Å². The van der Waals surface area contributed by atoms with Gasteiger partial charge in [0.15, 0.2) is 0 Å². The van der Waals surface area contributed by atoms with E-state index in [1.165, 1.54) is 30.5 Å². The molecule has 0 radical (unpaired) electrons. The smallest absolute Gasteiger partial charge is 0.334 e. The van der Waals surface area contributed by atoms with Crippen LogP contribution < -0.4 is 5.56 Å². The molecule has 0 amide bonds. The lowest BCUT2D eigenvalue weighted by Gasteiger charge is -2.05. The third-order valence-electron chi connectivity index (χ3n) is 2.93. The van der Waals surface area contributed by atoms with Crippen molar-refractivity contribution in [2.24, 2.45) is 0 Å². The number of rotatable bonds is 2. The number of pyridine rings is 1. The number of hydrogen-bond donors (Lipinski definition) is 1. The molecule has 8 heteroatoms. The summed E-state index contributed by atoms with van der Waals surface area (Å²) in [6, 6.07) is 7.24. The van der Waals surface area contributed by atoms with E-state index in [4.69, 9.17) is 4.52 Å². The van der Waals surface area contributed by atoms with Crippen molar-refractivity contribution in [2.45, 2.75) is 6.18 Å². The number of nitrogens with one attached hydrogen (secondary N) is 1. The largest absolute Gasteiger partial charge is 0.416 e. The van der Waals surface area contributed by atoms with Crippen molar-refractivity contribution in [2.75, 3.05) is 0 Å². The lowest BCUT2D eigenvalue weighted by molar-refractivity contribution is -0.137. The summed E-state index contributed by atoms with van der Waals surface area (Å²) < 4.78 is 42.5. The highest BCUT2D eigenvalue weighted by Gasteiger charge is 2.30. The zero-order chi connectivity index (χ0) is 15.7. The first kappa shape index (κ1) is 14.1. The van der Waals surface area contributed by atoms with Gasteiger partial charge in [0.25, 0.3) is 5.89 Å². The van der Waals surface area contributed by atoms with Gasteiger partial charge in [0.05, 0.1) is 11.1 Å². The molecule has 0 atom stereocenters. The van der Waals surface area contributed by atoms with E-state index in [2.05, 4.69) is 15.1 Å². The summed E-state index contributed by atoms with van der Waals surface area (Å²) in [6.45, 7) is 0. The standard InChI is InChI=1S/C14H8F3N3O2/c15-14(16,17)10-4-1-8(2-5-10)12-19-13(22-20-12)9-3-6-11(21)18-7-9/h1-7H,(H,18,21). The number of alkyl halides is 3. The van der Waals surface area contributed by atoms with Gasteiger partial charge in [-0.3, -0.25) is 4.79 Å². The summed E-state index contributed by atoms with van der Waals surface area (Å²) in [7, 11) is 0. The maximum atomic E-state index is 12.5.